The van der Waals surface area contributed by atoms with Crippen molar-refractivity contribution in [3.63, 3.8) is 0 Å². The van der Waals surface area contributed by atoms with Crippen LogP contribution in [-0.2, 0) is 20.8 Å². The first-order chi connectivity index (χ1) is 13.6. The molecule has 1 unspecified atom stereocenters. The highest BCUT2D eigenvalue weighted by Crippen LogP contribution is 2.35. The van der Waals surface area contributed by atoms with Crippen LogP contribution in [0.4, 0.5) is 4.39 Å². The van der Waals surface area contributed by atoms with E-state index in [0.717, 1.165) is 11.1 Å². The maximum atomic E-state index is 15.3. The first kappa shape index (κ1) is 19.1. The number of benzene rings is 2. The van der Waals surface area contributed by atoms with Gasteiger partial charge >= 0.3 is 0 Å². The van der Waals surface area contributed by atoms with E-state index in [-0.39, 0.29) is 11.9 Å². The molecule has 0 aromatic heterocycles. The highest BCUT2D eigenvalue weighted by Gasteiger charge is 2.48. The number of hydrogen-bond donors (Lipinski definition) is 1. The lowest BCUT2D eigenvalue weighted by molar-refractivity contribution is -0.271. The van der Waals surface area contributed by atoms with E-state index >= 15 is 4.39 Å². The van der Waals surface area contributed by atoms with Crippen molar-refractivity contribution < 1.29 is 18.7 Å². The second-order valence-corrected chi connectivity index (χ2v) is 7.41. The monoisotopic (exact) mass is 384 g/mol. The Morgan fingerprint density at radius 3 is 2.50 bits per heavy atom. The number of piperidine rings is 1. The summed E-state index contributed by atoms with van der Waals surface area (Å²) in [7, 11) is 0. The maximum absolute atomic E-state index is 15.3. The van der Waals surface area contributed by atoms with Gasteiger partial charge in [0.25, 0.3) is 0 Å². The number of ether oxygens (including phenoxy) is 2. The molecule has 0 aliphatic carbocycles. The van der Waals surface area contributed by atoms with Gasteiger partial charge in [-0.05, 0) is 5.56 Å². The van der Waals surface area contributed by atoms with Gasteiger partial charge < -0.3 is 14.8 Å². The number of likely N-dealkylation sites (tertiary alicyclic amines) is 1. The molecule has 0 bridgehead atoms. The average Bonchev–Trinajstić information content (AvgIpc) is 2.72. The van der Waals surface area contributed by atoms with Gasteiger partial charge in [0.05, 0.1) is 18.7 Å². The van der Waals surface area contributed by atoms with E-state index in [2.05, 4.69) is 10.2 Å². The van der Waals surface area contributed by atoms with Gasteiger partial charge in [0.1, 0.15) is 12.3 Å². The van der Waals surface area contributed by atoms with E-state index < -0.39 is 24.6 Å². The van der Waals surface area contributed by atoms with Gasteiger partial charge in [-0.3, -0.25) is 9.69 Å². The number of hydrogen-bond acceptors (Lipinski definition) is 4. The number of nitrogens with one attached hydrogen (secondary N) is 1. The van der Waals surface area contributed by atoms with Crippen molar-refractivity contribution in [1.82, 2.24) is 10.2 Å². The number of carbonyl (C=O) groups is 1. The molecule has 0 radical (unpaired) electrons. The molecular formula is C22H25FN2O3. The number of carbonyl (C=O) groups excluding carboxylic acids is 1. The number of amides is 1. The summed E-state index contributed by atoms with van der Waals surface area (Å²) in [5.41, 5.74) is 2.00. The number of fused-ring (bicyclic) bond motifs is 1. The Morgan fingerprint density at radius 1 is 1.14 bits per heavy atom. The van der Waals surface area contributed by atoms with Gasteiger partial charge in [-0.1, -0.05) is 60.7 Å². The fourth-order valence-electron chi connectivity index (χ4n) is 4.04. The molecule has 5 nitrogen and oxygen atoms in total. The predicted molar refractivity (Wildman–Crippen MR) is 103 cm³/mol. The fourth-order valence-corrected chi connectivity index (χ4v) is 4.04. The minimum atomic E-state index is -1.30. The van der Waals surface area contributed by atoms with Gasteiger partial charge in [-0.25, -0.2) is 4.39 Å². The van der Waals surface area contributed by atoms with Crippen LogP contribution in [0.1, 0.15) is 24.3 Å². The van der Waals surface area contributed by atoms with Crippen LogP contribution in [0, 0.1) is 0 Å². The van der Waals surface area contributed by atoms with Crippen molar-refractivity contribution in [3.8, 4) is 0 Å². The minimum absolute atomic E-state index is 0.208. The molecule has 0 saturated carbocycles. The Bertz CT molecular complexity index is 789. The van der Waals surface area contributed by atoms with E-state index in [1.54, 1.807) is 0 Å². The summed E-state index contributed by atoms with van der Waals surface area (Å²) in [5, 5.41) is 2.76. The van der Waals surface area contributed by atoms with E-state index in [9.17, 15) is 4.79 Å². The lowest BCUT2D eigenvalue weighted by atomic mass is 9.91. The van der Waals surface area contributed by atoms with E-state index in [1.807, 2.05) is 60.7 Å². The number of halogens is 1. The maximum Gasteiger partial charge on any atom is 0.217 e. The number of alkyl halides is 1. The molecule has 2 aromatic rings. The van der Waals surface area contributed by atoms with Crippen LogP contribution in [0.2, 0.25) is 0 Å². The van der Waals surface area contributed by atoms with Crippen molar-refractivity contribution in [2.45, 2.75) is 44.1 Å². The van der Waals surface area contributed by atoms with E-state index in [0.29, 0.717) is 19.7 Å². The van der Waals surface area contributed by atoms with Crippen molar-refractivity contribution in [3.05, 3.63) is 71.8 Å². The summed E-state index contributed by atoms with van der Waals surface area (Å²) in [6.45, 7) is 2.86. The quantitative estimate of drug-likeness (QED) is 0.881. The average molecular weight is 384 g/mol. The molecule has 2 aliphatic rings. The minimum Gasteiger partial charge on any atom is -0.349 e. The molecule has 1 N–H and O–H groups in total. The molecule has 2 saturated heterocycles. The molecule has 2 aromatic carbocycles. The molecular weight excluding hydrogens is 359 g/mol. The third kappa shape index (κ3) is 4.09. The van der Waals surface area contributed by atoms with Crippen LogP contribution >= 0.6 is 0 Å². The van der Waals surface area contributed by atoms with Crippen LogP contribution in [0.25, 0.3) is 0 Å². The fraction of sp³-hybridized carbons (Fsp3) is 0.409. The van der Waals surface area contributed by atoms with Crippen LogP contribution in [0.15, 0.2) is 60.7 Å². The van der Waals surface area contributed by atoms with E-state index in [4.69, 9.17) is 9.47 Å². The normalized spacial score (nSPS) is 30.4. The molecule has 2 aliphatic heterocycles. The molecule has 0 spiro atoms. The summed E-state index contributed by atoms with van der Waals surface area (Å²) >= 11 is 0. The van der Waals surface area contributed by atoms with Crippen LogP contribution in [0.3, 0.4) is 0 Å². The predicted octanol–water partition coefficient (Wildman–Crippen LogP) is 2.83. The van der Waals surface area contributed by atoms with Crippen molar-refractivity contribution >= 4 is 5.91 Å². The zero-order valence-electron chi connectivity index (χ0n) is 15.8. The van der Waals surface area contributed by atoms with Crippen LogP contribution in [0.5, 0.6) is 0 Å². The van der Waals surface area contributed by atoms with Crippen LogP contribution in [-0.4, -0.2) is 48.3 Å². The van der Waals surface area contributed by atoms with Gasteiger partial charge in [-0.2, -0.15) is 0 Å². The smallest absolute Gasteiger partial charge is 0.217 e. The standard InChI is InChI=1S/C22H25FN2O3/c1-15(26)24-18-13-25(12-16-8-4-2-5-9-16)19-14-27-22(28-21(19)20(18)23)17-10-6-3-7-11-17/h2-11,18-22H,12-14H2,1H3,(H,24,26)/t18-,19+,20-,21+,22?/m0/s1. The Labute approximate surface area is 164 Å². The Morgan fingerprint density at radius 2 is 1.82 bits per heavy atom. The molecule has 2 heterocycles. The van der Waals surface area contributed by atoms with Gasteiger partial charge in [0, 0.05) is 25.6 Å². The third-order valence-corrected chi connectivity index (χ3v) is 5.37. The number of rotatable bonds is 4. The SMILES string of the molecule is CC(=O)N[C@H]1CN(Cc2ccccc2)[C@@H]2COC(c3ccccc3)O[C@H]2[C@H]1F. The summed E-state index contributed by atoms with van der Waals surface area (Å²) in [6, 6.07) is 18.8. The van der Waals surface area contributed by atoms with Crippen molar-refractivity contribution in [1.29, 1.82) is 0 Å². The highest BCUT2D eigenvalue weighted by molar-refractivity contribution is 5.73. The Kier molecular flexibility index (Phi) is 5.71. The second-order valence-electron chi connectivity index (χ2n) is 7.41. The van der Waals surface area contributed by atoms with E-state index in [1.165, 1.54) is 6.92 Å². The van der Waals surface area contributed by atoms with Crippen molar-refractivity contribution in [2.24, 2.45) is 0 Å². The summed E-state index contributed by atoms with van der Waals surface area (Å²) < 4.78 is 27.3. The molecule has 5 atom stereocenters. The molecule has 6 heteroatoms. The largest absolute Gasteiger partial charge is 0.349 e. The Hall–Kier alpha value is -2.28. The third-order valence-electron chi connectivity index (χ3n) is 5.37. The molecule has 2 fully saturated rings. The first-order valence-corrected chi connectivity index (χ1v) is 9.63. The number of nitrogens with zero attached hydrogens (tertiary/aromatic N) is 1. The Balaban J connectivity index is 1.56. The van der Waals surface area contributed by atoms with Crippen molar-refractivity contribution in [2.75, 3.05) is 13.2 Å². The molecule has 4 rings (SSSR count). The van der Waals surface area contributed by atoms with Gasteiger partial charge in [0.15, 0.2) is 6.29 Å². The summed E-state index contributed by atoms with van der Waals surface area (Å²) in [5.74, 6) is -0.238. The van der Waals surface area contributed by atoms with Crippen LogP contribution < -0.4 is 5.32 Å². The molecule has 1 amide bonds. The zero-order chi connectivity index (χ0) is 19.5. The van der Waals surface area contributed by atoms with Gasteiger partial charge in [0.2, 0.25) is 5.91 Å². The first-order valence-electron chi connectivity index (χ1n) is 9.63. The summed E-state index contributed by atoms with van der Waals surface area (Å²) in [4.78, 5) is 13.8. The highest BCUT2D eigenvalue weighted by atomic mass is 19.1. The lowest BCUT2D eigenvalue weighted by Gasteiger charge is -2.49. The summed E-state index contributed by atoms with van der Waals surface area (Å²) in [6.07, 6.45) is -2.57. The molecule has 148 valence electrons. The lowest BCUT2D eigenvalue weighted by Crippen LogP contribution is -2.67. The second kappa shape index (κ2) is 8.39. The van der Waals surface area contributed by atoms with Gasteiger partial charge in [-0.15, -0.1) is 0 Å². The molecule has 28 heavy (non-hydrogen) atoms. The topological polar surface area (TPSA) is 50.8 Å². The zero-order valence-corrected chi connectivity index (χ0v) is 15.8.